The Kier molecular flexibility index (Phi) is 7.87. The molecule has 1 fully saturated rings. The SMILES string of the molecule is CCCCC(C)C(C#C[Si](C)(C)C)OC1CCCCO1. The van der Waals surface area contributed by atoms with Crippen LogP contribution in [0.25, 0.3) is 0 Å². The molecule has 0 amide bonds. The lowest BCUT2D eigenvalue weighted by atomic mass is 9.98. The first-order valence-corrected chi connectivity index (χ1v) is 11.7. The fourth-order valence-corrected chi connectivity index (χ4v) is 2.83. The van der Waals surface area contributed by atoms with E-state index < -0.39 is 8.07 Å². The van der Waals surface area contributed by atoms with Gasteiger partial charge in [-0.05, 0) is 31.6 Å². The van der Waals surface area contributed by atoms with Gasteiger partial charge >= 0.3 is 0 Å². The van der Waals surface area contributed by atoms with Crippen LogP contribution in [0.15, 0.2) is 0 Å². The molecule has 1 aliphatic rings. The molecule has 0 spiro atoms. The number of rotatable bonds is 6. The van der Waals surface area contributed by atoms with Crippen LogP contribution in [0, 0.1) is 17.4 Å². The van der Waals surface area contributed by atoms with Crippen molar-refractivity contribution in [3.05, 3.63) is 0 Å². The monoisotopic (exact) mass is 296 g/mol. The fourth-order valence-electron chi connectivity index (χ4n) is 2.26. The molecule has 0 aliphatic carbocycles. The zero-order valence-corrected chi connectivity index (χ0v) is 15.0. The van der Waals surface area contributed by atoms with Gasteiger partial charge in [-0.25, -0.2) is 0 Å². The van der Waals surface area contributed by atoms with Crippen molar-refractivity contribution in [2.45, 2.75) is 84.4 Å². The summed E-state index contributed by atoms with van der Waals surface area (Å²) in [5.41, 5.74) is 3.48. The molecular weight excluding hydrogens is 264 g/mol. The van der Waals surface area contributed by atoms with Gasteiger partial charge in [0, 0.05) is 6.61 Å². The zero-order chi connectivity index (χ0) is 15.0. The number of hydrogen-bond donors (Lipinski definition) is 0. The number of unbranched alkanes of at least 4 members (excludes halogenated alkanes) is 1. The van der Waals surface area contributed by atoms with Crippen molar-refractivity contribution in [3.63, 3.8) is 0 Å². The normalized spacial score (nSPS) is 22.8. The standard InChI is InChI=1S/C17H32O2Si/c1-6-7-10-15(2)16(12-14-20(3,4)5)19-17-11-8-9-13-18-17/h15-17H,6-11,13H2,1-5H3. The summed E-state index contributed by atoms with van der Waals surface area (Å²) in [4.78, 5) is 0. The summed E-state index contributed by atoms with van der Waals surface area (Å²) in [6.07, 6.45) is 7.07. The van der Waals surface area contributed by atoms with Crippen molar-refractivity contribution in [1.82, 2.24) is 0 Å². The maximum atomic E-state index is 6.17. The van der Waals surface area contributed by atoms with Crippen molar-refractivity contribution in [1.29, 1.82) is 0 Å². The van der Waals surface area contributed by atoms with Crippen LogP contribution in [0.4, 0.5) is 0 Å². The molecule has 2 nitrogen and oxygen atoms in total. The molecule has 3 unspecified atom stereocenters. The predicted octanol–water partition coefficient (Wildman–Crippen LogP) is 4.61. The highest BCUT2D eigenvalue weighted by Gasteiger charge is 2.23. The zero-order valence-electron chi connectivity index (χ0n) is 14.0. The summed E-state index contributed by atoms with van der Waals surface area (Å²) in [5, 5.41) is 0. The van der Waals surface area contributed by atoms with E-state index in [0.29, 0.717) is 5.92 Å². The van der Waals surface area contributed by atoms with Gasteiger partial charge in [0.1, 0.15) is 14.2 Å². The van der Waals surface area contributed by atoms with Gasteiger partial charge in [-0.1, -0.05) is 52.3 Å². The molecule has 0 aromatic carbocycles. The van der Waals surface area contributed by atoms with Gasteiger partial charge in [-0.2, -0.15) is 0 Å². The molecule has 3 atom stereocenters. The molecule has 0 aromatic rings. The summed E-state index contributed by atoms with van der Waals surface area (Å²) in [5.74, 6) is 3.92. The van der Waals surface area contributed by atoms with E-state index in [9.17, 15) is 0 Å². The van der Waals surface area contributed by atoms with Crippen LogP contribution in [0.5, 0.6) is 0 Å². The second-order valence-electron chi connectivity index (χ2n) is 6.99. The topological polar surface area (TPSA) is 18.5 Å². The Morgan fingerprint density at radius 3 is 2.60 bits per heavy atom. The van der Waals surface area contributed by atoms with Crippen LogP contribution in [0.2, 0.25) is 19.6 Å². The molecule has 3 heteroatoms. The summed E-state index contributed by atoms with van der Waals surface area (Å²) >= 11 is 0. The Bertz CT molecular complexity index is 318. The quantitative estimate of drug-likeness (QED) is 0.526. The third-order valence-corrected chi connectivity index (χ3v) is 4.45. The average Bonchev–Trinajstić information content (AvgIpc) is 2.41. The van der Waals surface area contributed by atoms with E-state index in [4.69, 9.17) is 9.47 Å². The lowest BCUT2D eigenvalue weighted by molar-refractivity contribution is -0.184. The third kappa shape index (κ3) is 7.47. The largest absolute Gasteiger partial charge is 0.353 e. The summed E-state index contributed by atoms with van der Waals surface area (Å²) < 4.78 is 11.9. The number of ether oxygens (including phenoxy) is 2. The lowest BCUT2D eigenvalue weighted by Gasteiger charge is -2.28. The highest BCUT2D eigenvalue weighted by atomic mass is 28.3. The van der Waals surface area contributed by atoms with E-state index in [0.717, 1.165) is 19.4 Å². The van der Waals surface area contributed by atoms with E-state index >= 15 is 0 Å². The molecule has 0 radical (unpaired) electrons. The van der Waals surface area contributed by atoms with Crippen molar-refractivity contribution < 1.29 is 9.47 Å². The third-order valence-electron chi connectivity index (χ3n) is 3.56. The first kappa shape index (κ1) is 17.7. The highest BCUT2D eigenvalue weighted by molar-refractivity contribution is 6.83. The van der Waals surface area contributed by atoms with Crippen molar-refractivity contribution >= 4 is 8.07 Å². The van der Waals surface area contributed by atoms with Crippen LogP contribution < -0.4 is 0 Å². The Labute approximate surface area is 126 Å². The van der Waals surface area contributed by atoms with Crippen LogP contribution in [-0.2, 0) is 9.47 Å². The summed E-state index contributed by atoms with van der Waals surface area (Å²) in [6.45, 7) is 12.2. The molecule has 0 aromatic heterocycles. The van der Waals surface area contributed by atoms with Crippen LogP contribution in [-0.4, -0.2) is 27.1 Å². The lowest BCUT2D eigenvalue weighted by Crippen LogP contribution is -2.31. The van der Waals surface area contributed by atoms with Gasteiger partial charge in [-0.15, -0.1) is 5.54 Å². The smallest absolute Gasteiger partial charge is 0.159 e. The molecule has 1 aliphatic heterocycles. The van der Waals surface area contributed by atoms with E-state index in [-0.39, 0.29) is 12.4 Å². The molecular formula is C17H32O2Si. The molecule has 0 N–H and O–H groups in total. The second kappa shape index (κ2) is 8.87. The van der Waals surface area contributed by atoms with E-state index in [1.165, 1.54) is 25.7 Å². The van der Waals surface area contributed by atoms with Crippen LogP contribution in [0.1, 0.15) is 52.4 Å². The summed E-state index contributed by atoms with van der Waals surface area (Å²) in [6, 6.07) is 0. The van der Waals surface area contributed by atoms with Crippen molar-refractivity contribution in [3.8, 4) is 11.5 Å². The van der Waals surface area contributed by atoms with Gasteiger partial charge in [-0.3, -0.25) is 0 Å². The molecule has 116 valence electrons. The first-order chi connectivity index (χ1) is 9.42. The minimum Gasteiger partial charge on any atom is -0.353 e. The Morgan fingerprint density at radius 2 is 2.05 bits per heavy atom. The highest BCUT2D eigenvalue weighted by Crippen LogP contribution is 2.21. The average molecular weight is 297 g/mol. The van der Waals surface area contributed by atoms with Crippen molar-refractivity contribution in [2.75, 3.05) is 6.61 Å². The molecule has 20 heavy (non-hydrogen) atoms. The van der Waals surface area contributed by atoms with Gasteiger partial charge in [0.05, 0.1) is 0 Å². The maximum absolute atomic E-state index is 6.17. The first-order valence-electron chi connectivity index (χ1n) is 8.22. The predicted molar refractivity (Wildman–Crippen MR) is 88.3 cm³/mol. The van der Waals surface area contributed by atoms with E-state index in [2.05, 4.69) is 45.0 Å². The summed E-state index contributed by atoms with van der Waals surface area (Å²) in [7, 11) is -1.34. The van der Waals surface area contributed by atoms with Crippen LogP contribution in [0.3, 0.4) is 0 Å². The molecule has 1 saturated heterocycles. The Balaban J connectivity index is 2.63. The van der Waals surface area contributed by atoms with Gasteiger partial charge in [0.2, 0.25) is 0 Å². The van der Waals surface area contributed by atoms with Crippen molar-refractivity contribution in [2.24, 2.45) is 5.92 Å². The Morgan fingerprint density at radius 1 is 1.30 bits per heavy atom. The van der Waals surface area contributed by atoms with Gasteiger partial charge < -0.3 is 9.47 Å². The molecule has 1 heterocycles. The van der Waals surface area contributed by atoms with E-state index in [1.807, 2.05) is 0 Å². The Hall–Kier alpha value is -0.303. The van der Waals surface area contributed by atoms with E-state index in [1.54, 1.807) is 0 Å². The van der Waals surface area contributed by atoms with Crippen LogP contribution >= 0.6 is 0 Å². The van der Waals surface area contributed by atoms with Gasteiger partial charge in [0.15, 0.2) is 6.29 Å². The molecule has 1 rings (SSSR count). The minimum absolute atomic E-state index is 0.0336. The number of hydrogen-bond acceptors (Lipinski definition) is 2. The molecule has 0 saturated carbocycles. The second-order valence-corrected chi connectivity index (χ2v) is 11.7. The maximum Gasteiger partial charge on any atom is 0.159 e. The van der Waals surface area contributed by atoms with Gasteiger partial charge in [0.25, 0.3) is 0 Å². The minimum atomic E-state index is -1.34. The molecule has 0 bridgehead atoms. The fraction of sp³-hybridized carbons (Fsp3) is 0.882.